The topological polar surface area (TPSA) is 15.3 Å². The number of piperazine rings is 1. The first-order valence-electron chi connectivity index (χ1n) is 8.27. The van der Waals surface area contributed by atoms with Crippen LogP contribution in [0.3, 0.4) is 0 Å². The molecule has 1 aliphatic carbocycles. The smallest absolute Gasteiger partial charge is 0.0218 e. The third-order valence-electron chi connectivity index (χ3n) is 5.07. The Hall–Kier alpha value is -0.860. The summed E-state index contributed by atoms with van der Waals surface area (Å²) in [6.07, 6.45) is 4.01. The summed E-state index contributed by atoms with van der Waals surface area (Å²) < 4.78 is 0. The molecule has 1 fully saturated rings. The zero-order chi connectivity index (χ0) is 13.9. The molecule has 1 saturated heterocycles. The Labute approximate surface area is 123 Å². The van der Waals surface area contributed by atoms with Gasteiger partial charge in [-0.15, -0.1) is 0 Å². The van der Waals surface area contributed by atoms with Gasteiger partial charge in [0.15, 0.2) is 0 Å². The average Bonchev–Trinajstić information content (AvgIpc) is 2.48. The van der Waals surface area contributed by atoms with E-state index >= 15 is 0 Å². The molecule has 2 atom stereocenters. The molecule has 3 rings (SSSR count). The normalized spacial score (nSPS) is 27.6. The Bertz CT molecular complexity index is 441. The highest BCUT2D eigenvalue weighted by atomic mass is 15.2. The molecule has 0 aromatic heterocycles. The van der Waals surface area contributed by atoms with Crippen molar-refractivity contribution in [3.8, 4) is 0 Å². The minimum Gasteiger partial charge on any atom is -0.311 e. The fourth-order valence-corrected chi connectivity index (χ4v) is 3.81. The van der Waals surface area contributed by atoms with E-state index in [0.717, 1.165) is 18.4 Å². The van der Waals surface area contributed by atoms with Crippen molar-refractivity contribution in [3.63, 3.8) is 0 Å². The van der Waals surface area contributed by atoms with Crippen LogP contribution >= 0.6 is 0 Å². The van der Waals surface area contributed by atoms with E-state index in [9.17, 15) is 0 Å². The molecule has 1 aliphatic heterocycles. The number of benzene rings is 1. The summed E-state index contributed by atoms with van der Waals surface area (Å²) in [7, 11) is 0. The maximum atomic E-state index is 3.66. The number of hydrogen-bond acceptors (Lipinski definition) is 2. The number of nitrogens with one attached hydrogen (secondary N) is 1. The van der Waals surface area contributed by atoms with Gasteiger partial charge in [-0.2, -0.15) is 0 Å². The molecule has 0 radical (unpaired) electrons. The van der Waals surface area contributed by atoms with E-state index in [4.69, 9.17) is 0 Å². The third-order valence-corrected chi connectivity index (χ3v) is 5.07. The predicted octanol–water partition coefficient (Wildman–Crippen LogP) is 3.04. The molecule has 110 valence electrons. The van der Waals surface area contributed by atoms with Gasteiger partial charge in [0.05, 0.1) is 0 Å². The van der Waals surface area contributed by atoms with Gasteiger partial charge in [-0.3, -0.25) is 4.90 Å². The van der Waals surface area contributed by atoms with Crippen molar-refractivity contribution < 1.29 is 0 Å². The Kier molecular flexibility index (Phi) is 4.42. The van der Waals surface area contributed by atoms with Crippen molar-refractivity contribution in [2.24, 2.45) is 5.92 Å². The van der Waals surface area contributed by atoms with Gasteiger partial charge in [-0.1, -0.05) is 38.1 Å². The summed E-state index contributed by atoms with van der Waals surface area (Å²) in [6.45, 7) is 9.49. The van der Waals surface area contributed by atoms with Crippen LogP contribution in [0.4, 0.5) is 0 Å². The van der Waals surface area contributed by atoms with Crippen LogP contribution in [0.2, 0.25) is 0 Å². The summed E-state index contributed by atoms with van der Waals surface area (Å²) in [5.41, 5.74) is 3.22. The van der Waals surface area contributed by atoms with E-state index in [1.165, 1.54) is 38.9 Å². The average molecular weight is 272 g/mol. The van der Waals surface area contributed by atoms with Crippen molar-refractivity contribution in [1.29, 1.82) is 0 Å². The maximum absolute atomic E-state index is 3.66. The van der Waals surface area contributed by atoms with Gasteiger partial charge in [0.25, 0.3) is 0 Å². The fourth-order valence-electron chi connectivity index (χ4n) is 3.81. The lowest BCUT2D eigenvalue weighted by Crippen LogP contribution is -2.53. The van der Waals surface area contributed by atoms with Crippen molar-refractivity contribution in [2.75, 3.05) is 26.2 Å². The van der Waals surface area contributed by atoms with E-state index in [2.05, 4.69) is 48.3 Å². The number of nitrogens with zero attached hydrogens (tertiary/aromatic N) is 1. The molecule has 1 N–H and O–H groups in total. The molecule has 1 heterocycles. The molecule has 2 aliphatic rings. The molecule has 0 bridgehead atoms. The van der Waals surface area contributed by atoms with Gasteiger partial charge >= 0.3 is 0 Å². The standard InChI is InChI=1S/C18H28N2/c1-14(2)18-13-20(11-10-19-18)12-16-8-5-7-15-6-3-4-9-17(15)16/h3-4,6,9,14,16,18-19H,5,7-8,10-13H2,1-2H3. The number of aryl methyl sites for hydroxylation is 1. The first-order chi connectivity index (χ1) is 9.74. The SMILES string of the molecule is CC(C)C1CN(CC2CCCc3ccccc32)CCN1. The van der Waals surface area contributed by atoms with Gasteiger partial charge in [-0.25, -0.2) is 0 Å². The molecule has 0 amide bonds. The quantitative estimate of drug-likeness (QED) is 0.910. The highest BCUT2D eigenvalue weighted by molar-refractivity contribution is 5.32. The molecule has 1 aromatic carbocycles. The van der Waals surface area contributed by atoms with E-state index in [1.807, 2.05) is 0 Å². The monoisotopic (exact) mass is 272 g/mol. The lowest BCUT2D eigenvalue weighted by molar-refractivity contribution is 0.163. The minimum atomic E-state index is 0.669. The zero-order valence-electron chi connectivity index (χ0n) is 12.9. The second kappa shape index (κ2) is 6.28. The number of rotatable bonds is 3. The van der Waals surface area contributed by atoms with Crippen molar-refractivity contribution in [2.45, 2.75) is 45.1 Å². The number of fused-ring (bicyclic) bond motifs is 1. The van der Waals surface area contributed by atoms with E-state index in [-0.39, 0.29) is 0 Å². The Morgan fingerprint density at radius 1 is 1.30 bits per heavy atom. The summed E-state index contributed by atoms with van der Waals surface area (Å²) in [5.74, 6) is 1.49. The highest BCUT2D eigenvalue weighted by Crippen LogP contribution is 2.32. The summed E-state index contributed by atoms with van der Waals surface area (Å²) >= 11 is 0. The molecule has 1 aromatic rings. The van der Waals surface area contributed by atoms with Crippen LogP contribution in [0.25, 0.3) is 0 Å². The van der Waals surface area contributed by atoms with Crippen LogP contribution in [0.15, 0.2) is 24.3 Å². The first kappa shape index (κ1) is 14.1. The van der Waals surface area contributed by atoms with Gasteiger partial charge in [0, 0.05) is 32.2 Å². The Morgan fingerprint density at radius 3 is 3.00 bits per heavy atom. The van der Waals surface area contributed by atoms with Crippen LogP contribution in [-0.4, -0.2) is 37.1 Å². The molecule has 20 heavy (non-hydrogen) atoms. The Morgan fingerprint density at radius 2 is 2.15 bits per heavy atom. The summed E-state index contributed by atoms with van der Waals surface area (Å²) in [4.78, 5) is 2.69. The van der Waals surface area contributed by atoms with Crippen LogP contribution in [0, 0.1) is 5.92 Å². The van der Waals surface area contributed by atoms with E-state index in [1.54, 1.807) is 11.1 Å². The minimum absolute atomic E-state index is 0.669. The van der Waals surface area contributed by atoms with Crippen molar-refractivity contribution in [1.82, 2.24) is 10.2 Å². The first-order valence-corrected chi connectivity index (χ1v) is 8.27. The molecule has 2 heteroatoms. The molecule has 0 saturated carbocycles. The highest BCUT2D eigenvalue weighted by Gasteiger charge is 2.26. The predicted molar refractivity (Wildman–Crippen MR) is 85.2 cm³/mol. The van der Waals surface area contributed by atoms with Crippen molar-refractivity contribution >= 4 is 0 Å². The van der Waals surface area contributed by atoms with E-state index in [0.29, 0.717) is 6.04 Å². The van der Waals surface area contributed by atoms with Gasteiger partial charge in [0.1, 0.15) is 0 Å². The molecular weight excluding hydrogens is 244 g/mol. The molecular formula is C18H28N2. The maximum Gasteiger partial charge on any atom is 0.0218 e. The third kappa shape index (κ3) is 3.07. The van der Waals surface area contributed by atoms with Crippen LogP contribution in [0.5, 0.6) is 0 Å². The lowest BCUT2D eigenvalue weighted by atomic mass is 9.82. The van der Waals surface area contributed by atoms with Crippen LogP contribution in [-0.2, 0) is 6.42 Å². The number of hydrogen-bond donors (Lipinski definition) is 1. The second-order valence-electron chi connectivity index (χ2n) is 6.85. The largest absolute Gasteiger partial charge is 0.311 e. The zero-order valence-corrected chi connectivity index (χ0v) is 12.9. The lowest BCUT2D eigenvalue weighted by Gasteiger charge is -2.38. The van der Waals surface area contributed by atoms with Gasteiger partial charge in [0.2, 0.25) is 0 Å². The second-order valence-corrected chi connectivity index (χ2v) is 6.85. The molecule has 2 nitrogen and oxygen atoms in total. The van der Waals surface area contributed by atoms with Crippen LogP contribution in [0.1, 0.15) is 43.7 Å². The van der Waals surface area contributed by atoms with Gasteiger partial charge in [-0.05, 0) is 42.2 Å². The summed E-state index contributed by atoms with van der Waals surface area (Å²) in [6, 6.07) is 9.77. The molecule has 2 unspecified atom stereocenters. The van der Waals surface area contributed by atoms with Crippen molar-refractivity contribution in [3.05, 3.63) is 35.4 Å². The molecule has 0 spiro atoms. The van der Waals surface area contributed by atoms with Crippen LogP contribution < -0.4 is 5.32 Å². The van der Waals surface area contributed by atoms with Gasteiger partial charge < -0.3 is 5.32 Å². The summed E-state index contributed by atoms with van der Waals surface area (Å²) in [5, 5.41) is 3.66. The Balaban J connectivity index is 1.66. The fraction of sp³-hybridized carbons (Fsp3) is 0.667. The van der Waals surface area contributed by atoms with E-state index < -0.39 is 0 Å².